The molecule has 0 spiro atoms. The summed E-state index contributed by atoms with van der Waals surface area (Å²) in [6.45, 7) is 3.36. The normalized spacial score (nSPS) is 17.3. The van der Waals surface area contributed by atoms with Gasteiger partial charge in [0.1, 0.15) is 11.5 Å². The molecule has 6 nitrogen and oxygen atoms in total. The smallest absolute Gasteiger partial charge is 0.225 e. The van der Waals surface area contributed by atoms with Crippen molar-refractivity contribution in [1.29, 1.82) is 0 Å². The summed E-state index contributed by atoms with van der Waals surface area (Å²) in [6.07, 6.45) is 0.433. The van der Waals surface area contributed by atoms with Crippen molar-refractivity contribution in [2.75, 3.05) is 45.7 Å². The van der Waals surface area contributed by atoms with Gasteiger partial charge in [0, 0.05) is 49.9 Å². The van der Waals surface area contributed by atoms with E-state index in [0.29, 0.717) is 13.0 Å². The van der Waals surface area contributed by atoms with Crippen LogP contribution in [0.1, 0.15) is 18.0 Å². The number of methoxy groups -OCH3 is 2. The van der Waals surface area contributed by atoms with Crippen LogP contribution in [-0.4, -0.2) is 51.2 Å². The number of hydrogen-bond acceptors (Lipinski definition) is 5. The molecule has 0 aromatic heterocycles. The lowest BCUT2D eigenvalue weighted by Crippen LogP contribution is -2.46. The first kappa shape index (κ1) is 19.2. The van der Waals surface area contributed by atoms with Crippen molar-refractivity contribution >= 4 is 11.6 Å². The zero-order valence-corrected chi connectivity index (χ0v) is 15.9. The number of benzene rings is 2. The third-order valence-corrected chi connectivity index (χ3v) is 4.83. The summed E-state index contributed by atoms with van der Waals surface area (Å²) in [7, 11) is 3.31. The van der Waals surface area contributed by atoms with Gasteiger partial charge in [-0.2, -0.15) is 0 Å². The van der Waals surface area contributed by atoms with E-state index in [2.05, 4.69) is 21.6 Å². The molecule has 2 N–H and O–H groups in total. The first-order chi connectivity index (χ1) is 13.2. The highest BCUT2D eigenvalue weighted by Crippen LogP contribution is 2.30. The Kier molecular flexibility index (Phi) is 6.68. The molecule has 6 heteroatoms. The molecule has 1 amide bonds. The van der Waals surface area contributed by atoms with Gasteiger partial charge in [-0.15, -0.1) is 0 Å². The molecule has 3 rings (SSSR count). The number of piperazine rings is 1. The van der Waals surface area contributed by atoms with Gasteiger partial charge in [-0.3, -0.25) is 9.69 Å². The molecule has 1 aliphatic heterocycles. The SMILES string of the molecule is COc1cccc(NC(=O)CCN2CCNCC2c2ccccc2OC)c1. The first-order valence-corrected chi connectivity index (χ1v) is 9.23. The van der Waals surface area contributed by atoms with Crippen molar-refractivity contribution in [1.82, 2.24) is 10.2 Å². The lowest BCUT2D eigenvalue weighted by atomic mass is 10.0. The quantitative estimate of drug-likeness (QED) is 0.786. The fourth-order valence-corrected chi connectivity index (χ4v) is 3.43. The van der Waals surface area contributed by atoms with Gasteiger partial charge in [-0.25, -0.2) is 0 Å². The summed E-state index contributed by atoms with van der Waals surface area (Å²) in [6, 6.07) is 15.7. The van der Waals surface area contributed by atoms with E-state index in [-0.39, 0.29) is 11.9 Å². The van der Waals surface area contributed by atoms with E-state index in [9.17, 15) is 4.79 Å². The molecule has 1 fully saturated rings. The molecule has 1 saturated heterocycles. The molecule has 1 heterocycles. The van der Waals surface area contributed by atoms with Crippen LogP contribution >= 0.6 is 0 Å². The number of anilines is 1. The van der Waals surface area contributed by atoms with E-state index in [1.165, 1.54) is 0 Å². The summed E-state index contributed by atoms with van der Waals surface area (Å²) < 4.78 is 10.7. The largest absolute Gasteiger partial charge is 0.497 e. The highest BCUT2D eigenvalue weighted by molar-refractivity contribution is 5.91. The number of carbonyl (C=O) groups is 1. The number of para-hydroxylation sites is 1. The lowest BCUT2D eigenvalue weighted by Gasteiger charge is -2.37. The van der Waals surface area contributed by atoms with E-state index in [1.54, 1.807) is 14.2 Å². The van der Waals surface area contributed by atoms with Gasteiger partial charge in [0.15, 0.2) is 0 Å². The summed E-state index contributed by atoms with van der Waals surface area (Å²) in [5.41, 5.74) is 1.90. The molecule has 0 saturated carbocycles. The number of rotatable bonds is 7. The maximum atomic E-state index is 12.4. The predicted molar refractivity (Wildman–Crippen MR) is 106 cm³/mol. The van der Waals surface area contributed by atoms with Crippen molar-refractivity contribution in [2.24, 2.45) is 0 Å². The van der Waals surface area contributed by atoms with E-state index in [1.807, 2.05) is 42.5 Å². The molecule has 0 bridgehead atoms. The van der Waals surface area contributed by atoms with E-state index < -0.39 is 0 Å². The monoisotopic (exact) mass is 369 g/mol. The van der Waals surface area contributed by atoms with Crippen molar-refractivity contribution in [3.63, 3.8) is 0 Å². The molecule has 1 atom stereocenters. The standard InChI is InChI=1S/C21H27N3O3/c1-26-17-7-5-6-16(14-17)23-21(25)10-12-24-13-11-22-15-19(24)18-8-3-4-9-20(18)27-2/h3-9,14,19,22H,10-13,15H2,1-2H3,(H,23,25). The molecule has 2 aromatic rings. The number of carbonyl (C=O) groups excluding carboxylic acids is 1. The Labute approximate surface area is 160 Å². The Morgan fingerprint density at radius 2 is 2.04 bits per heavy atom. The van der Waals surface area contributed by atoms with Crippen molar-refractivity contribution < 1.29 is 14.3 Å². The Balaban J connectivity index is 1.61. The average molecular weight is 369 g/mol. The maximum absolute atomic E-state index is 12.4. The van der Waals surface area contributed by atoms with Crippen LogP contribution < -0.4 is 20.1 Å². The predicted octanol–water partition coefficient (Wildman–Crippen LogP) is 2.68. The van der Waals surface area contributed by atoms with Crippen LogP contribution in [0.3, 0.4) is 0 Å². The van der Waals surface area contributed by atoms with Crippen LogP contribution in [0.5, 0.6) is 11.5 Å². The third kappa shape index (κ3) is 4.99. The number of nitrogens with one attached hydrogen (secondary N) is 2. The second-order valence-corrected chi connectivity index (χ2v) is 6.53. The second kappa shape index (κ2) is 9.39. The highest BCUT2D eigenvalue weighted by Gasteiger charge is 2.26. The van der Waals surface area contributed by atoms with Crippen LogP contribution in [0.15, 0.2) is 48.5 Å². The molecule has 2 aromatic carbocycles. The van der Waals surface area contributed by atoms with Gasteiger partial charge >= 0.3 is 0 Å². The van der Waals surface area contributed by atoms with Crippen molar-refractivity contribution in [3.05, 3.63) is 54.1 Å². The minimum absolute atomic E-state index is 0.000521. The molecule has 0 radical (unpaired) electrons. The molecule has 1 unspecified atom stereocenters. The topological polar surface area (TPSA) is 62.8 Å². The summed E-state index contributed by atoms with van der Waals surface area (Å²) >= 11 is 0. The highest BCUT2D eigenvalue weighted by atomic mass is 16.5. The molecule has 1 aliphatic rings. The number of ether oxygens (including phenoxy) is 2. The summed E-state index contributed by atoms with van der Waals surface area (Å²) in [5, 5.41) is 6.39. The molecular weight excluding hydrogens is 342 g/mol. The third-order valence-electron chi connectivity index (χ3n) is 4.83. The molecule has 27 heavy (non-hydrogen) atoms. The van der Waals surface area contributed by atoms with Crippen molar-refractivity contribution in [3.8, 4) is 11.5 Å². The lowest BCUT2D eigenvalue weighted by molar-refractivity contribution is -0.116. The average Bonchev–Trinajstić information content (AvgIpc) is 2.72. The van der Waals surface area contributed by atoms with Crippen LogP contribution in [-0.2, 0) is 4.79 Å². The summed E-state index contributed by atoms with van der Waals surface area (Å²) in [4.78, 5) is 14.7. The Morgan fingerprint density at radius 1 is 1.19 bits per heavy atom. The number of nitrogens with zero attached hydrogens (tertiary/aromatic N) is 1. The van der Waals surface area contributed by atoms with Gasteiger partial charge in [-0.05, 0) is 18.2 Å². The maximum Gasteiger partial charge on any atom is 0.225 e. The minimum Gasteiger partial charge on any atom is -0.497 e. The first-order valence-electron chi connectivity index (χ1n) is 9.23. The van der Waals surface area contributed by atoms with Crippen LogP contribution in [0.25, 0.3) is 0 Å². The number of hydrogen-bond donors (Lipinski definition) is 2. The fourth-order valence-electron chi connectivity index (χ4n) is 3.43. The Hall–Kier alpha value is -2.57. The zero-order valence-electron chi connectivity index (χ0n) is 15.9. The van der Waals surface area contributed by atoms with Gasteiger partial charge in [0.25, 0.3) is 0 Å². The molecular formula is C21H27N3O3. The van der Waals surface area contributed by atoms with Crippen LogP contribution in [0.4, 0.5) is 5.69 Å². The van der Waals surface area contributed by atoms with Gasteiger partial charge in [0.2, 0.25) is 5.91 Å². The Morgan fingerprint density at radius 3 is 2.85 bits per heavy atom. The van der Waals surface area contributed by atoms with E-state index in [0.717, 1.165) is 42.4 Å². The summed E-state index contributed by atoms with van der Waals surface area (Å²) in [5.74, 6) is 1.61. The van der Waals surface area contributed by atoms with Gasteiger partial charge in [0.05, 0.1) is 20.3 Å². The van der Waals surface area contributed by atoms with Crippen molar-refractivity contribution in [2.45, 2.75) is 12.5 Å². The van der Waals surface area contributed by atoms with E-state index in [4.69, 9.17) is 9.47 Å². The van der Waals surface area contributed by atoms with E-state index >= 15 is 0 Å². The van der Waals surface area contributed by atoms with Crippen LogP contribution in [0, 0.1) is 0 Å². The minimum atomic E-state index is 0.000521. The molecule has 144 valence electrons. The van der Waals surface area contributed by atoms with Gasteiger partial charge in [-0.1, -0.05) is 24.3 Å². The fraction of sp³-hybridized carbons (Fsp3) is 0.381. The van der Waals surface area contributed by atoms with Crippen LogP contribution in [0.2, 0.25) is 0 Å². The Bertz CT molecular complexity index is 766. The van der Waals surface area contributed by atoms with Gasteiger partial charge < -0.3 is 20.1 Å². The molecule has 0 aliphatic carbocycles. The zero-order chi connectivity index (χ0) is 19.1. The number of amides is 1. The second-order valence-electron chi connectivity index (χ2n) is 6.53.